The van der Waals surface area contributed by atoms with Gasteiger partial charge in [-0.1, -0.05) is 13.0 Å². The number of hydrogen-bond acceptors (Lipinski definition) is 4. The minimum atomic E-state index is 0.463. The first kappa shape index (κ1) is 11.4. The number of nitrogens with zero attached hydrogens (tertiary/aromatic N) is 2. The predicted molar refractivity (Wildman–Crippen MR) is 70.3 cm³/mol. The van der Waals surface area contributed by atoms with Crippen molar-refractivity contribution in [1.82, 2.24) is 9.97 Å². The van der Waals surface area contributed by atoms with Crippen LogP contribution in [0.1, 0.15) is 18.1 Å². The first-order chi connectivity index (χ1) is 8.19. The monoisotopic (exact) mass is 228 g/mol. The zero-order valence-electron chi connectivity index (χ0n) is 10.1. The molecule has 0 radical (unpaired) electrons. The van der Waals surface area contributed by atoms with E-state index in [4.69, 9.17) is 5.73 Å². The van der Waals surface area contributed by atoms with Crippen LogP contribution in [0.25, 0.3) is 0 Å². The Balaban J connectivity index is 2.24. The maximum atomic E-state index is 5.60. The van der Waals surface area contributed by atoms with Gasteiger partial charge < -0.3 is 11.1 Å². The number of nitrogens with two attached hydrogens (primary N) is 1. The van der Waals surface area contributed by atoms with Crippen molar-refractivity contribution < 1.29 is 0 Å². The molecule has 1 heterocycles. The topological polar surface area (TPSA) is 63.8 Å². The summed E-state index contributed by atoms with van der Waals surface area (Å²) < 4.78 is 0. The molecule has 1 aromatic carbocycles. The highest BCUT2D eigenvalue weighted by Crippen LogP contribution is 2.18. The molecule has 1 aromatic heterocycles. The van der Waals surface area contributed by atoms with Crippen LogP contribution < -0.4 is 11.1 Å². The molecule has 0 saturated heterocycles. The zero-order chi connectivity index (χ0) is 12.3. The van der Waals surface area contributed by atoms with Gasteiger partial charge in [0.1, 0.15) is 5.82 Å². The Labute approximate surface area is 101 Å². The molecule has 0 bridgehead atoms. The molecule has 0 spiro atoms. The largest absolute Gasteiger partial charge is 0.384 e. The molecule has 88 valence electrons. The molecule has 0 unspecified atom stereocenters. The second-order valence-electron chi connectivity index (χ2n) is 3.92. The summed E-state index contributed by atoms with van der Waals surface area (Å²) in [7, 11) is 0. The second kappa shape index (κ2) is 4.82. The first-order valence-corrected chi connectivity index (χ1v) is 5.64. The van der Waals surface area contributed by atoms with Crippen molar-refractivity contribution in [2.45, 2.75) is 20.3 Å². The molecule has 0 fully saturated rings. The zero-order valence-corrected chi connectivity index (χ0v) is 10.1. The summed E-state index contributed by atoms with van der Waals surface area (Å²) in [5.74, 6) is 0.987. The van der Waals surface area contributed by atoms with Gasteiger partial charge in [-0.3, -0.25) is 0 Å². The van der Waals surface area contributed by atoms with Gasteiger partial charge in [-0.25, -0.2) is 4.98 Å². The maximum Gasteiger partial charge on any atom is 0.229 e. The van der Waals surface area contributed by atoms with Gasteiger partial charge in [0.05, 0.1) is 0 Å². The van der Waals surface area contributed by atoms with Crippen LogP contribution in [-0.4, -0.2) is 9.97 Å². The van der Waals surface area contributed by atoms with Crippen LogP contribution in [0.5, 0.6) is 0 Å². The smallest absolute Gasteiger partial charge is 0.229 e. The Morgan fingerprint density at radius 2 is 2.12 bits per heavy atom. The van der Waals surface area contributed by atoms with Gasteiger partial charge in [-0.2, -0.15) is 4.98 Å². The number of hydrogen-bond donors (Lipinski definition) is 2. The Bertz CT molecular complexity index is 523. The molecule has 0 saturated carbocycles. The Kier molecular flexibility index (Phi) is 3.23. The molecule has 0 amide bonds. The third-order valence-electron chi connectivity index (χ3n) is 2.66. The van der Waals surface area contributed by atoms with E-state index in [9.17, 15) is 0 Å². The van der Waals surface area contributed by atoms with Crippen molar-refractivity contribution in [1.29, 1.82) is 0 Å². The van der Waals surface area contributed by atoms with Crippen LogP contribution in [0.4, 0.5) is 17.5 Å². The van der Waals surface area contributed by atoms with E-state index in [1.165, 1.54) is 11.1 Å². The van der Waals surface area contributed by atoms with Crippen LogP contribution >= 0.6 is 0 Å². The van der Waals surface area contributed by atoms with Crippen molar-refractivity contribution in [3.05, 3.63) is 41.6 Å². The van der Waals surface area contributed by atoms with Crippen molar-refractivity contribution in [2.75, 3.05) is 11.1 Å². The van der Waals surface area contributed by atoms with Crippen LogP contribution in [0.2, 0.25) is 0 Å². The van der Waals surface area contributed by atoms with Crippen molar-refractivity contribution in [2.24, 2.45) is 0 Å². The van der Waals surface area contributed by atoms with E-state index in [1.807, 2.05) is 6.07 Å². The number of nitrogens with one attached hydrogen (secondary N) is 1. The minimum absolute atomic E-state index is 0.463. The number of aromatic nitrogens is 2. The van der Waals surface area contributed by atoms with Crippen LogP contribution in [0.15, 0.2) is 30.5 Å². The summed E-state index contributed by atoms with van der Waals surface area (Å²) in [5.41, 5.74) is 9.20. The highest BCUT2D eigenvalue weighted by Gasteiger charge is 2.01. The Morgan fingerprint density at radius 3 is 2.82 bits per heavy atom. The molecule has 0 aliphatic rings. The summed E-state index contributed by atoms with van der Waals surface area (Å²) in [6, 6.07) is 7.88. The summed E-state index contributed by atoms with van der Waals surface area (Å²) in [4.78, 5) is 8.21. The average molecular weight is 228 g/mol. The lowest BCUT2D eigenvalue weighted by molar-refractivity contribution is 1.11. The third-order valence-corrected chi connectivity index (χ3v) is 2.66. The van der Waals surface area contributed by atoms with Gasteiger partial charge in [0.2, 0.25) is 5.95 Å². The van der Waals surface area contributed by atoms with Gasteiger partial charge in [0.15, 0.2) is 0 Å². The number of benzene rings is 1. The molecule has 4 heteroatoms. The highest BCUT2D eigenvalue weighted by atomic mass is 15.1. The van der Waals surface area contributed by atoms with E-state index in [1.54, 1.807) is 12.3 Å². The fourth-order valence-corrected chi connectivity index (χ4v) is 1.69. The number of rotatable bonds is 3. The second-order valence-corrected chi connectivity index (χ2v) is 3.92. The summed E-state index contributed by atoms with van der Waals surface area (Å²) in [6.07, 6.45) is 2.65. The SMILES string of the molecule is CCc1cc(Nc2nccc(N)n2)ccc1C. The van der Waals surface area contributed by atoms with Gasteiger partial charge in [-0.15, -0.1) is 0 Å². The average Bonchev–Trinajstić information content (AvgIpc) is 2.32. The standard InChI is InChI=1S/C13H16N4/c1-3-10-8-11(5-4-9(10)2)16-13-15-7-6-12(14)17-13/h4-8H,3H2,1-2H3,(H3,14,15,16,17). The number of aryl methyl sites for hydroxylation is 2. The fraction of sp³-hybridized carbons (Fsp3) is 0.231. The molecule has 2 rings (SSSR count). The molecule has 2 aromatic rings. The quantitative estimate of drug-likeness (QED) is 0.847. The van der Waals surface area contributed by atoms with Crippen molar-refractivity contribution >= 4 is 17.5 Å². The van der Waals surface area contributed by atoms with Crippen LogP contribution in [0, 0.1) is 6.92 Å². The molecule has 0 aliphatic carbocycles. The molecule has 3 N–H and O–H groups in total. The molecular formula is C13H16N4. The predicted octanol–water partition coefficient (Wildman–Crippen LogP) is 2.67. The van der Waals surface area contributed by atoms with E-state index in [-0.39, 0.29) is 0 Å². The van der Waals surface area contributed by atoms with Gasteiger partial charge in [0.25, 0.3) is 0 Å². The van der Waals surface area contributed by atoms with Gasteiger partial charge in [0, 0.05) is 11.9 Å². The lowest BCUT2D eigenvalue weighted by Crippen LogP contribution is -2.00. The van der Waals surface area contributed by atoms with E-state index < -0.39 is 0 Å². The molecule has 4 nitrogen and oxygen atoms in total. The van der Waals surface area contributed by atoms with Gasteiger partial charge in [-0.05, 0) is 42.7 Å². The minimum Gasteiger partial charge on any atom is -0.384 e. The van der Waals surface area contributed by atoms with E-state index in [2.05, 4.69) is 41.3 Å². The molecule has 0 aliphatic heterocycles. The highest BCUT2D eigenvalue weighted by molar-refractivity contribution is 5.56. The number of nitrogen functional groups attached to an aromatic ring is 1. The van der Waals surface area contributed by atoms with Crippen molar-refractivity contribution in [3.8, 4) is 0 Å². The Hall–Kier alpha value is -2.10. The molecule has 0 atom stereocenters. The van der Waals surface area contributed by atoms with Crippen LogP contribution in [-0.2, 0) is 6.42 Å². The number of anilines is 3. The first-order valence-electron chi connectivity index (χ1n) is 5.64. The summed E-state index contributed by atoms with van der Waals surface area (Å²) >= 11 is 0. The molecular weight excluding hydrogens is 212 g/mol. The third kappa shape index (κ3) is 2.72. The normalized spacial score (nSPS) is 10.2. The lowest BCUT2D eigenvalue weighted by Gasteiger charge is -2.08. The maximum absolute atomic E-state index is 5.60. The van der Waals surface area contributed by atoms with Gasteiger partial charge >= 0.3 is 0 Å². The molecule has 17 heavy (non-hydrogen) atoms. The summed E-state index contributed by atoms with van der Waals surface area (Å²) in [6.45, 7) is 4.25. The Morgan fingerprint density at radius 1 is 1.29 bits per heavy atom. The van der Waals surface area contributed by atoms with E-state index >= 15 is 0 Å². The van der Waals surface area contributed by atoms with E-state index in [0.717, 1.165) is 12.1 Å². The lowest BCUT2D eigenvalue weighted by atomic mass is 10.1. The van der Waals surface area contributed by atoms with Crippen molar-refractivity contribution in [3.63, 3.8) is 0 Å². The van der Waals surface area contributed by atoms with Crippen LogP contribution in [0.3, 0.4) is 0 Å². The fourth-order valence-electron chi connectivity index (χ4n) is 1.69. The summed E-state index contributed by atoms with van der Waals surface area (Å²) in [5, 5.41) is 3.14. The van der Waals surface area contributed by atoms with E-state index in [0.29, 0.717) is 11.8 Å².